The highest BCUT2D eigenvalue weighted by Gasteiger charge is 2.21. The van der Waals surface area contributed by atoms with E-state index in [2.05, 4.69) is 16.0 Å². The third-order valence-electron chi connectivity index (χ3n) is 3.87. The van der Waals surface area contributed by atoms with E-state index < -0.39 is 0 Å². The van der Waals surface area contributed by atoms with Gasteiger partial charge in [-0.25, -0.2) is 0 Å². The Kier molecular flexibility index (Phi) is 5.57. The zero-order valence-electron chi connectivity index (χ0n) is 11.9. The van der Waals surface area contributed by atoms with Crippen LogP contribution in [0.15, 0.2) is 12.3 Å². The Morgan fingerprint density at radius 3 is 3.20 bits per heavy atom. The number of nitrogens with one attached hydrogen (secondary N) is 1. The smallest absolute Gasteiger partial charge is 0.123 e. The third-order valence-corrected chi connectivity index (χ3v) is 4.19. The van der Waals surface area contributed by atoms with Crippen LogP contribution in [0.3, 0.4) is 0 Å². The number of ether oxygens (including phenoxy) is 1. The normalized spacial score (nSPS) is 18.8. The van der Waals surface area contributed by atoms with Crippen LogP contribution in [0, 0.1) is 21.9 Å². The summed E-state index contributed by atoms with van der Waals surface area (Å²) in [4.78, 5) is 5.24. The van der Waals surface area contributed by atoms with Gasteiger partial charge in [-0.1, -0.05) is 12.2 Å². The number of hydrogen-bond acceptors (Lipinski definition) is 4. The summed E-state index contributed by atoms with van der Waals surface area (Å²) >= 11 is 5.20. The standard InChI is InChI=1S/C15H21N3OS/c1-19-9-3-5-12-4-2-8-18(11-12)14-6-7-17-15(20)13(14)10-16/h6-7,12H,2-5,8-9,11H2,1H3,(H,17,20). The van der Waals surface area contributed by atoms with Gasteiger partial charge in [0.05, 0.1) is 5.69 Å². The number of nitrogens with zero attached hydrogens (tertiary/aromatic N) is 2. The van der Waals surface area contributed by atoms with Crippen LogP contribution in [0.1, 0.15) is 31.2 Å². The molecule has 1 aromatic heterocycles. The maximum Gasteiger partial charge on any atom is 0.123 e. The molecule has 0 bridgehead atoms. The number of piperidine rings is 1. The second-order valence-corrected chi connectivity index (χ2v) is 5.68. The van der Waals surface area contributed by atoms with Crippen LogP contribution in [0.4, 0.5) is 5.69 Å². The fraction of sp³-hybridized carbons (Fsp3) is 0.600. The summed E-state index contributed by atoms with van der Waals surface area (Å²) in [6.07, 6.45) is 6.56. The van der Waals surface area contributed by atoms with Gasteiger partial charge >= 0.3 is 0 Å². The first kappa shape index (κ1) is 15.0. The van der Waals surface area contributed by atoms with Crippen molar-refractivity contribution in [2.45, 2.75) is 25.7 Å². The van der Waals surface area contributed by atoms with E-state index in [0.717, 1.165) is 31.8 Å². The predicted molar refractivity (Wildman–Crippen MR) is 82.4 cm³/mol. The zero-order valence-corrected chi connectivity index (χ0v) is 12.7. The number of anilines is 1. The van der Waals surface area contributed by atoms with E-state index in [0.29, 0.717) is 16.1 Å². The van der Waals surface area contributed by atoms with Crippen LogP contribution in [-0.4, -0.2) is 31.8 Å². The number of aromatic amines is 1. The molecule has 2 rings (SSSR count). The van der Waals surface area contributed by atoms with Crippen molar-refractivity contribution < 1.29 is 4.74 Å². The largest absolute Gasteiger partial charge is 0.385 e. The molecular formula is C15H21N3OS. The Bertz CT molecular complexity index is 535. The van der Waals surface area contributed by atoms with Gasteiger partial charge in [0, 0.05) is 33.0 Å². The van der Waals surface area contributed by atoms with E-state index in [-0.39, 0.29) is 0 Å². The molecule has 1 aliphatic heterocycles. The molecule has 1 aromatic rings. The van der Waals surface area contributed by atoms with Gasteiger partial charge in [0.1, 0.15) is 16.3 Å². The van der Waals surface area contributed by atoms with Crippen molar-refractivity contribution in [3.05, 3.63) is 22.5 Å². The lowest BCUT2D eigenvalue weighted by molar-refractivity contribution is 0.184. The van der Waals surface area contributed by atoms with Gasteiger partial charge in [-0.3, -0.25) is 0 Å². The van der Waals surface area contributed by atoms with Gasteiger partial charge in [0.2, 0.25) is 0 Å². The predicted octanol–water partition coefficient (Wildman–Crippen LogP) is 3.26. The lowest BCUT2D eigenvalue weighted by atomic mass is 9.93. The number of pyridine rings is 1. The number of nitriles is 1. The van der Waals surface area contributed by atoms with E-state index in [1.807, 2.05) is 12.3 Å². The SMILES string of the molecule is COCCCC1CCCN(c2cc[nH]c(=S)c2C#N)C1. The van der Waals surface area contributed by atoms with Crippen LogP contribution < -0.4 is 4.90 Å². The summed E-state index contributed by atoms with van der Waals surface area (Å²) in [5.74, 6) is 0.684. The Morgan fingerprint density at radius 2 is 2.45 bits per heavy atom. The molecule has 5 heteroatoms. The maximum atomic E-state index is 9.29. The van der Waals surface area contributed by atoms with Crippen LogP contribution >= 0.6 is 12.2 Å². The molecule has 0 amide bonds. The molecule has 0 saturated carbocycles. The molecular weight excluding hydrogens is 270 g/mol. The number of rotatable bonds is 5. The highest BCUT2D eigenvalue weighted by molar-refractivity contribution is 7.71. The summed E-state index contributed by atoms with van der Waals surface area (Å²) in [6, 6.07) is 4.20. The first-order valence-corrected chi connectivity index (χ1v) is 7.52. The molecule has 0 aliphatic carbocycles. The third kappa shape index (κ3) is 3.59. The zero-order chi connectivity index (χ0) is 14.4. The molecule has 1 saturated heterocycles. The summed E-state index contributed by atoms with van der Waals surface area (Å²) in [6.45, 7) is 2.85. The lowest BCUT2D eigenvalue weighted by Crippen LogP contribution is -2.36. The van der Waals surface area contributed by atoms with Gasteiger partial charge in [0.25, 0.3) is 0 Å². The van der Waals surface area contributed by atoms with E-state index in [9.17, 15) is 5.26 Å². The molecule has 1 fully saturated rings. The molecule has 1 atom stereocenters. The van der Waals surface area contributed by atoms with Crippen LogP contribution in [0.25, 0.3) is 0 Å². The Hall–Kier alpha value is -1.38. The van der Waals surface area contributed by atoms with Crippen LogP contribution in [-0.2, 0) is 4.74 Å². The van der Waals surface area contributed by atoms with Crippen molar-refractivity contribution in [2.75, 3.05) is 31.7 Å². The molecule has 108 valence electrons. The second kappa shape index (κ2) is 7.41. The van der Waals surface area contributed by atoms with Crippen LogP contribution in [0.5, 0.6) is 0 Å². The maximum absolute atomic E-state index is 9.29. The topological polar surface area (TPSA) is 52.0 Å². The van der Waals surface area contributed by atoms with Gasteiger partial charge < -0.3 is 14.6 Å². The first-order valence-electron chi connectivity index (χ1n) is 7.12. The summed E-state index contributed by atoms with van der Waals surface area (Å²) in [5.41, 5.74) is 1.58. The molecule has 1 unspecified atom stereocenters. The van der Waals surface area contributed by atoms with E-state index in [1.54, 1.807) is 7.11 Å². The van der Waals surface area contributed by atoms with Crippen molar-refractivity contribution in [1.29, 1.82) is 5.26 Å². The van der Waals surface area contributed by atoms with Crippen molar-refractivity contribution in [2.24, 2.45) is 5.92 Å². The lowest BCUT2D eigenvalue weighted by Gasteiger charge is -2.34. The Morgan fingerprint density at radius 1 is 1.60 bits per heavy atom. The van der Waals surface area contributed by atoms with E-state index in [1.165, 1.54) is 19.3 Å². The van der Waals surface area contributed by atoms with Crippen molar-refractivity contribution in [3.8, 4) is 6.07 Å². The molecule has 0 aromatic carbocycles. The monoisotopic (exact) mass is 291 g/mol. The number of hydrogen-bond donors (Lipinski definition) is 1. The fourth-order valence-corrected chi connectivity index (χ4v) is 3.09. The molecule has 1 aliphatic rings. The van der Waals surface area contributed by atoms with Crippen molar-refractivity contribution in [3.63, 3.8) is 0 Å². The van der Waals surface area contributed by atoms with Gasteiger partial charge in [0.15, 0.2) is 0 Å². The van der Waals surface area contributed by atoms with Gasteiger partial charge in [-0.15, -0.1) is 0 Å². The highest BCUT2D eigenvalue weighted by Crippen LogP contribution is 2.28. The molecule has 2 heterocycles. The van der Waals surface area contributed by atoms with Crippen molar-refractivity contribution in [1.82, 2.24) is 4.98 Å². The van der Waals surface area contributed by atoms with Crippen molar-refractivity contribution >= 4 is 17.9 Å². The fourth-order valence-electron chi connectivity index (χ4n) is 2.88. The van der Waals surface area contributed by atoms with E-state index >= 15 is 0 Å². The number of aromatic nitrogens is 1. The average Bonchev–Trinajstić information content (AvgIpc) is 2.47. The second-order valence-electron chi connectivity index (χ2n) is 5.27. The van der Waals surface area contributed by atoms with E-state index in [4.69, 9.17) is 17.0 Å². The highest BCUT2D eigenvalue weighted by atomic mass is 32.1. The minimum absolute atomic E-state index is 0.534. The summed E-state index contributed by atoms with van der Waals surface area (Å²) in [7, 11) is 1.75. The number of H-pyrrole nitrogens is 1. The minimum atomic E-state index is 0.534. The molecule has 0 spiro atoms. The average molecular weight is 291 g/mol. The Labute approximate surface area is 125 Å². The Balaban J connectivity index is 2.08. The quantitative estimate of drug-likeness (QED) is 0.668. The molecule has 4 nitrogen and oxygen atoms in total. The summed E-state index contributed by atoms with van der Waals surface area (Å²) < 4.78 is 5.66. The van der Waals surface area contributed by atoms with Gasteiger partial charge in [-0.05, 0) is 37.7 Å². The minimum Gasteiger partial charge on any atom is -0.385 e. The molecule has 0 radical (unpaired) electrons. The molecule has 20 heavy (non-hydrogen) atoms. The summed E-state index contributed by atoms with van der Waals surface area (Å²) in [5, 5.41) is 9.29. The molecule has 1 N–H and O–H groups in total. The van der Waals surface area contributed by atoms with Crippen LogP contribution in [0.2, 0.25) is 0 Å². The van der Waals surface area contributed by atoms with Gasteiger partial charge in [-0.2, -0.15) is 5.26 Å². The number of methoxy groups -OCH3 is 1. The first-order chi connectivity index (χ1) is 9.76.